The molecule has 0 aromatic heterocycles. The van der Waals surface area contributed by atoms with Crippen LogP contribution in [0.5, 0.6) is 0 Å². The van der Waals surface area contributed by atoms with Crippen molar-refractivity contribution in [1.29, 1.82) is 0 Å². The summed E-state index contributed by atoms with van der Waals surface area (Å²) in [4.78, 5) is 52.3. The number of hydrogen-bond donors (Lipinski definition) is 4. The standard InChI is InChI=1S/C19H32N4O6/c1-10(2)14(20)17(26)22-8-4-6-12(22)16(25)21-15(11(3)24)18(27)23-9-5-7-13(23)19(28)29/h10-15,24H,4-9,20H2,1-3H3,(H,21,25)(H,28,29). The van der Waals surface area contributed by atoms with Gasteiger partial charge >= 0.3 is 5.97 Å². The number of carbonyl (C=O) groups is 4. The van der Waals surface area contributed by atoms with Gasteiger partial charge in [0.15, 0.2) is 0 Å². The fourth-order valence-electron chi connectivity index (χ4n) is 3.88. The molecule has 5 atom stereocenters. The van der Waals surface area contributed by atoms with Crippen LogP contribution in [0.15, 0.2) is 0 Å². The molecule has 2 aliphatic rings. The number of rotatable bonds is 7. The number of amides is 3. The lowest BCUT2D eigenvalue weighted by molar-refractivity contribution is -0.151. The first-order valence-electron chi connectivity index (χ1n) is 10.1. The fourth-order valence-corrected chi connectivity index (χ4v) is 3.88. The number of nitrogens with zero attached hydrogens (tertiary/aromatic N) is 2. The molecule has 2 fully saturated rings. The number of carbonyl (C=O) groups excluding carboxylic acids is 3. The van der Waals surface area contributed by atoms with E-state index in [-0.39, 0.29) is 18.4 Å². The van der Waals surface area contributed by atoms with E-state index in [0.717, 1.165) is 0 Å². The Hall–Kier alpha value is -2.20. The van der Waals surface area contributed by atoms with E-state index in [9.17, 15) is 29.4 Å². The SMILES string of the molecule is CC(C)C(N)C(=O)N1CCCC1C(=O)NC(C(=O)N1CCCC1C(=O)O)C(C)O. The molecular formula is C19H32N4O6. The van der Waals surface area contributed by atoms with E-state index in [1.54, 1.807) is 0 Å². The molecule has 5 unspecified atom stereocenters. The summed E-state index contributed by atoms with van der Waals surface area (Å²) in [6.45, 7) is 5.67. The maximum absolute atomic E-state index is 12.9. The first kappa shape index (κ1) is 23.1. The van der Waals surface area contributed by atoms with Crippen molar-refractivity contribution in [2.45, 2.75) is 76.7 Å². The van der Waals surface area contributed by atoms with Crippen LogP contribution in [0.1, 0.15) is 46.5 Å². The summed E-state index contributed by atoms with van der Waals surface area (Å²) in [6.07, 6.45) is 0.727. The number of aliphatic hydroxyl groups is 1. The first-order chi connectivity index (χ1) is 13.6. The van der Waals surface area contributed by atoms with Gasteiger partial charge in [0.05, 0.1) is 12.1 Å². The average Bonchev–Trinajstić information content (AvgIpc) is 3.32. The summed E-state index contributed by atoms with van der Waals surface area (Å²) in [5, 5.41) is 21.9. The van der Waals surface area contributed by atoms with Gasteiger partial charge < -0.3 is 31.1 Å². The van der Waals surface area contributed by atoms with Crippen LogP contribution in [-0.2, 0) is 19.2 Å². The number of nitrogens with one attached hydrogen (secondary N) is 1. The largest absolute Gasteiger partial charge is 0.480 e. The quantitative estimate of drug-likeness (QED) is 0.414. The predicted octanol–water partition coefficient (Wildman–Crippen LogP) is -1.10. The number of aliphatic carboxylic acids is 1. The van der Waals surface area contributed by atoms with Crippen LogP contribution in [-0.4, -0.2) is 87.1 Å². The Morgan fingerprint density at radius 2 is 1.48 bits per heavy atom. The fraction of sp³-hybridized carbons (Fsp3) is 0.789. The minimum Gasteiger partial charge on any atom is -0.480 e. The minimum absolute atomic E-state index is 0.0817. The van der Waals surface area contributed by atoms with Gasteiger partial charge in [-0.3, -0.25) is 14.4 Å². The highest BCUT2D eigenvalue weighted by Crippen LogP contribution is 2.22. The molecule has 0 bridgehead atoms. The third-order valence-corrected chi connectivity index (χ3v) is 5.71. The zero-order chi connectivity index (χ0) is 21.9. The van der Waals surface area contributed by atoms with Crippen molar-refractivity contribution in [2.24, 2.45) is 11.7 Å². The highest BCUT2D eigenvalue weighted by molar-refractivity contribution is 5.95. The summed E-state index contributed by atoms with van der Waals surface area (Å²) >= 11 is 0. The molecule has 0 saturated carbocycles. The maximum Gasteiger partial charge on any atom is 0.326 e. The zero-order valence-electron chi connectivity index (χ0n) is 17.2. The number of aliphatic hydroxyl groups excluding tert-OH is 1. The van der Waals surface area contributed by atoms with Crippen molar-refractivity contribution < 1.29 is 29.4 Å². The molecule has 0 radical (unpaired) electrons. The van der Waals surface area contributed by atoms with Crippen LogP contribution in [0.3, 0.4) is 0 Å². The summed E-state index contributed by atoms with van der Waals surface area (Å²) in [6, 6.07) is -3.73. The Morgan fingerprint density at radius 1 is 0.966 bits per heavy atom. The molecule has 0 aliphatic carbocycles. The highest BCUT2D eigenvalue weighted by Gasteiger charge is 2.42. The van der Waals surface area contributed by atoms with Gasteiger partial charge in [0.1, 0.15) is 18.1 Å². The van der Waals surface area contributed by atoms with Crippen molar-refractivity contribution in [3.63, 3.8) is 0 Å². The van der Waals surface area contributed by atoms with E-state index in [2.05, 4.69) is 5.32 Å². The second kappa shape index (κ2) is 9.53. The average molecular weight is 412 g/mol. The number of carboxylic acid groups (broad SMARTS) is 1. The van der Waals surface area contributed by atoms with E-state index >= 15 is 0 Å². The lowest BCUT2D eigenvalue weighted by atomic mass is 10.0. The first-order valence-corrected chi connectivity index (χ1v) is 10.1. The van der Waals surface area contributed by atoms with Crippen molar-refractivity contribution >= 4 is 23.7 Å². The molecule has 2 aliphatic heterocycles. The number of likely N-dealkylation sites (tertiary alicyclic amines) is 2. The van der Waals surface area contributed by atoms with Gasteiger partial charge in [-0.25, -0.2) is 4.79 Å². The second-order valence-electron chi connectivity index (χ2n) is 8.21. The highest BCUT2D eigenvalue weighted by atomic mass is 16.4. The van der Waals surface area contributed by atoms with Gasteiger partial charge in [-0.1, -0.05) is 13.8 Å². The summed E-state index contributed by atoms with van der Waals surface area (Å²) in [5.74, 6) is -2.68. The van der Waals surface area contributed by atoms with Crippen molar-refractivity contribution in [3.05, 3.63) is 0 Å². The van der Waals surface area contributed by atoms with Gasteiger partial charge in [0, 0.05) is 13.1 Å². The lowest BCUT2D eigenvalue weighted by Crippen LogP contribution is -2.59. The molecule has 2 heterocycles. The molecular weight excluding hydrogens is 380 g/mol. The molecule has 164 valence electrons. The molecule has 0 spiro atoms. The molecule has 10 nitrogen and oxygen atoms in total. The molecule has 29 heavy (non-hydrogen) atoms. The Kier molecular flexibility index (Phi) is 7.59. The van der Waals surface area contributed by atoms with Gasteiger partial charge in [0.25, 0.3) is 0 Å². The van der Waals surface area contributed by atoms with Gasteiger partial charge in [-0.2, -0.15) is 0 Å². The van der Waals surface area contributed by atoms with Crippen LogP contribution < -0.4 is 11.1 Å². The third-order valence-electron chi connectivity index (χ3n) is 5.71. The summed E-state index contributed by atoms with van der Waals surface area (Å²) < 4.78 is 0. The van der Waals surface area contributed by atoms with Crippen LogP contribution in [0.25, 0.3) is 0 Å². The number of nitrogens with two attached hydrogens (primary N) is 1. The van der Waals surface area contributed by atoms with Gasteiger partial charge in [0.2, 0.25) is 17.7 Å². The molecule has 0 aromatic rings. The Balaban J connectivity index is 2.11. The normalized spacial score (nSPS) is 25.0. The van der Waals surface area contributed by atoms with E-state index in [4.69, 9.17) is 5.73 Å². The smallest absolute Gasteiger partial charge is 0.326 e. The maximum atomic E-state index is 12.9. The van der Waals surface area contributed by atoms with Crippen LogP contribution in [0, 0.1) is 5.92 Å². The predicted molar refractivity (Wildman–Crippen MR) is 104 cm³/mol. The van der Waals surface area contributed by atoms with Gasteiger partial charge in [-0.05, 0) is 38.5 Å². The molecule has 3 amide bonds. The lowest BCUT2D eigenvalue weighted by Gasteiger charge is -2.32. The van der Waals surface area contributed by atoms with Crippen LogP contribution >= 0.6 is 0 Å². The van der Waals surface area contributed by atoms with Gasteiger partial charge in [-0.15, -0.1) is 0 Å². The monoisotopic (exact) mass is 412 g/mol. The topological polar surface area (TPSA) is 153 Å². The number of carboxylic acids is 1. The molecule has 2 saturated heterocycles. The Labute approximate surface area is 170 Å². The van der Waals surface area contributed by atoms with Crippen LogP contribution in [0.4, 0.5) is 0 Å². The number of hydrogen-bond acceptors (Lipinski definition) is 6. The molecule has 2 rings (SSSR count). The minimum atomic E-state index is -1.28. The Bertz CT molecular complexity index is 653. The molecule has 10 heteroatoms. The van der Waals surface area contributed by atoms with E-state index in [0.29, 0.717) is 32.2 Å². The Morgan fingerprint density at radius 3 is 1.97 bits per heavy atom. The van der Waals surface area contributed by atoms with Crippen LogP contribution in [0.2, 0.25) is 0 Å². The van der Waals surface area contributed by atoms with Crippen molar-refractivity contribution in [3.8, 4) is 0 Å². The summed E-state index contributed by atoms with van der Waals surface area (Å²) in [5.41, 5.74) is 5.95. The molecule has 0 aromatic carbocycles. The van der Waals surface area contributed by atoms with E-state index in [1.807, 2.05) is 13.8 Å². The summed E-state index contributed by atoms with van der Waals surface area (Å²) in [7, 11) is 0. The van der Waals surface area contributed by atoms with Crippen molar-refractivity contribution in [2.75, 3.05) is 13.1 Å². The molecule has 5 N–H and O–H groups in total. The van der Waals surface area contributed by atoms with Crippen molar-refractivity contribution in [1.82, 2.24) is 15.1 Å². The third kappa shape index (κ3) is 5.05. The van der Waals surface area contributed by atoms with E-state index in [1.165, 1.54) is 16.7 Å². The zero-order valence-corrected chi connectivity index (χ0v) is 17.2. The second-order valence-corrected chi connectivity index (χ2v) is 8.21. The van der Waals surface area contributed by atoms with E-state index < -0.39 is 48.1 Å².